The summed E-state index contributed by atoms with van der Waals surface area (Å²) in [5.41, 5.74) is 0.152. The summed E-state index contributed by atoms with van der Waals surface area (Å²) in [7, 11) is -2.05. The summed E-state index contributed by atoms with van der Waals surface area (Å²) in [6.07, 6.45) is 0.813. The van der Waals surface area contributed by atoms with Crippen molar-refractivity contribution in [2.24, 2.45) is 0 Å². The van der Waals surface area contributed by atoms with Crippen LogP contribution in [-0.4, -0.2) is 26.0 Å². The lowest BCUT2D eigenvalue weighted by molar-refractivity contribution is 0.0691. The fourth-order valence-electron chi connectivity index (χ4n) is 1.55. The van der Waals surface area contributed by atoms with Crippen LogP contribution in [0.4, 0.5) is 0 Å². The number of benzene rings is 1. The summed E-state index contributed by atoms with van der Waals surface area (Å²) in [5, 5.41) is 9.36. The van der Waals surface area contributed by atoms with Crippen LogP contribution in [0, 0.1) is 0 Å². The number of para-hydroxylation sites is 1. The Labute approximate surface area is 128 Å². The van der Waals surface area contributed by atoms with Crippen molar-refractivity contribution in [1.29, 1.82) is 0 Å². The smallest absolute Gasteiger partial charge is 0.339 e. The Morgan fingerprint density at radius 1 is 1.29 bits per heavy atom. The van der Waals surface area contributed by atoms with Crippen LogP contribution in [0.1, 0.15) is 44.5 Å². The van der Waals surface area contributed by atoms with Crippen LogP contribution in [0.3, 0.4) is 0 Å². The van der Waals surface area contributed by atoms with Gasteiger partial charge in [-0.3, -0.25) is 0 Å². The van der Waals surface area contributed by atoms with Crippen molar-refractivity contribution >= 4 is 14.3 Å². The molecule has 1 aromatic carbocycles. The minimum absolute atomic E-state index is 0.0360. The molecule has 4 nitrogen and oxygen atoms in total. The fourth-order valence-corrected chi connectivity index (χ4v) is 2.56. The van der Waals surface area contributed by atoms with Gasteiger partial charge in [-0.15, -0.1) is 0 Å². The zero-order valence-corrected chi connectivity index (χ0v) is 14.8. The second-order valence-corrected chi connectivity index (χ2v) is 11.4. The number of ether oxygens (including phenoxy) is 1. The molecule has 0 aliphatic rings. The van der Waals surface area contributed by atoms with Gasteiger partial charge in [0.1, 0.15) is 11.3 Å². The largest absolute Gasteiger partial charge is 0.541 e. The van der Waals surface area contributed by atoms with Crippen molar-refractivity contribution in [3.05, 3.63) is 23.8 Å². The van der Waals surface area contributed by atoms with E-state index in [1.54, 1.807) is 18.2 Å². The van der Waals surface area contributed by atoms with Crippen molar-refractivity contribution in [3.8, 4) is 11.5 Å². The van der Waals surface area contributed by atoms with Gasteiger partial charge in [0, 0.05) is 0 Å². The van der Waals surface area contributed by atoms with Gasteiger partial charge in [0.25, 0.3) is 8.32 Å². The third kappa shape index (κ3) is 4.23. The van der Waals surface area contributed by atoms with Gasteiger partial charge in [0.05, 0.1) is 6.61 Å². The molecule has 0 saturated heterocycles. The standard InChI is InChI=1S/C16H26O4Si/c1-7-11-19-14-12(15(17)18)9-8-10-13(14)20-21(5,6)16(2,3)4/h8-10H,7,11H2,1-6H3,(H,17,18). The second-order valence-electron chi connectivity index (χ2n) is 6.65. The lowest BCUT2D eigenvalue weighted by atomic mass is 10.2. The number of carbonyl (C=O) groups is 1. The van der Waals surface area contributed by atoms with E-state index in [0.29, 0.717) is 18.1 Å². The first-order chi connectivity index (χ1) is 9.60. The highest BCUT2D eigenvalue weighted by atomic mass is 28.4. The Kier molecular flexibility index (Phi) is 5.45. The molecule has 5 heteroatoms. The van der Waals surface area contributed by atoms with Gasteiger partial charge in [-0.1, -0.05) is 33.8 Å². The summed E-state index contributed by atoms with van der Waals surface area (Å²) < 4.78 is 11.9. The summed E-state index contributed by atoms with van der Waals surface area (Å²) >= 11 is 0. The van der Waals surface area contributed by atoms with Crippen molar-refractivity contribution in [1.82, 2.24) is 0 Å². The number of hydrogen-bond acceptors (Lipinski definition) is 3. The number of carboxylic acids is 1. The van der Waals surface area contributed by atoms with E-state index in [0.717, 1.165) is 6.42 Å². The number of aromatic carboxylic acids is 1. The predicted octanol–water partition coefficient (Wildman–Crippen LogP) is 4.56. The zero-order valence-electron chi connectivity index (χ0n) is 13.8. The van der Waals surface area contributed by atoms with E-state index in [1.165, 1.54) is 0 Å². The molecule has 0 heterocycles. The van der Waals surface area contributed by atoms with Crippen molar-refractivity contribution in [2.45, 2.75) is 52.2 Å². The van der Waals surface area contributed by atoms with E-state index in [4.69, 9.17) is 9.16 Å². The molecule has 0 saturated carbocycles. The molecule has 1 N–H and O–H groups in total. The molecule has 1 aromatic rings. The predicted molar refractivity (Wildman–Crippen MR) is 87.0 cm³/mol. The molecular weight excluding hydrogens is 284 g/mol. The van der Waals surface area contributed by atoms with Crippen molar-refractivity contribution < 1.29 is 19.1 Å². The highest BCUT2D eigenvalue weighted by Crippen LogP contribution is 2.41. The second kappa shape index (κ2) is 6.51. The maximum Gasteiger partial charge on any atom is 0.339 e. The summed E-state index contributed by atoms with van der Waals surface area (Å²) in [5.74, 6) is -0.117. The molecule has 1 rings (SSSR count). The summed E-state index contributed by atoms with van der Waals surface area (Å²) in [6, 6.07) is 5.04. The van der Waals surface area contributed by atoms with Crippen LogP contribution in [0.2, 0.25) is 18.1 Å². The third-order valence-corrected chi connectivity index (χ3v) is 8.17. The SMILES string of the molecule is CCCOc1c(O[Si](C)(C)C(C)(C)C)cccc1C(=O)O. The Hall–Kier alpha value is -1.49. The maximum absolute atomic E-state index is 11.4. The quantitative estimate of drug-likeness (QED) is 0.783. The highest BCUT2D eigenvalue weighted by molar-refractivity contribution is 6.74. The minimum Gasteiger partial charge on any atom is -0.541 e. The van der Waals surface area contributed by atoms with Crippen LogP contribution < -0.4 is 9.16 Å². The fraction of sp³-hybridized carbons (Fsp3) is 0.562. The van der Waals surface area contributed by atoms with Gasteiger partial charge < -0.3 is 14.3 Å². The first-order valence-corrected chi connectivity index (χ1v) is 10.2. The summed E-state index contributed by atoms with van der Waals surface area (Å²) in [4.78, 5) is 11.4. The number of hydrogen-bond donors (Lipinski definition) is 1. The first kappa shape index (κ1) is 17.6. The lowest BCUT2D eigenvalue weighted by Crippen LogP contribution is -2.44. The monoisotopic (exact) mass is 310 g/mol. The number of carboxylic acid groups (broad SMARTS) is 1. The first-order valence-electron chi connectivity index (χ1n) is 7.28. The van der Waals surface area contributed by atoms with Gasteiger partial charge in [-0.05, 0) is 36.7 Å². The van der Waals surface area contributed by atoms with Crippen molar-refractivity contribution in [3.63, 3.8) is 0 Å². The molecule has 118 valence electrons. The molecule has 0 unspecified atom stereocenters. The van der Waals surface area contributed by atoms with Gasteiger partial charge in [0.15, 0.2) is 5.75 Å². The third-order valence-electron chi connectivity index (χ3n) is 3.83. The molecule has 0 bridgehead atoms. The molecule has 0 aliphatic carbocycles. The Bertz CT molecular complexity index is 503. The summed E-state index contributed by atoms with van der Waals surface area (Å²) in [6.45, 7) is 13.1. The van der Waals surface area contributed by atoms with E-state index in [1.807, 2.05) is 6.92 Å². The molecule has 21 heavy (non-hydrogen) atoms. The molecule has 0 radical (unpaired) electrons. The Balaban J connectivity index is 3.23. The topological polar surface area (TPSA) is 55.8 Å². The van der Waals surface area contributed by atoms with E-state index in [9.17, 15) is 9.90 Å². The van der Waals surface area contributed by atoms with Crippen LogP contribution in [0.15, 0.2) is 18.2 Å². The van der Waals surface area contributed by atoms with Crippen LogP contribution in [0.5, 0.6) is 11.5 Å². The van der Waals surface area contributed by atoms with Crippen molar-refractivity contribution in [2.75, 3.05) is 6.61 Å². The average Bonchev–Trinajstić information content (AvgIpc) is 2.35. The maximum atomic E-state index is 11.4. The lowest BCUT2D eigenvalue weighted by Gasteiger charge is -2.37. The number of rotatable bonds is 6. The molecule has 0 fully saturated rings. The van der Waals surface area contributed by atoms with Gasteiger partial charge in [-0.2, -0.15) is 0 Å². The zero-order chi connectivity index (χ0) is 16.3. The highest BCUT2D eigenvalue weighted by Gasteiger charge is 2.39. The average molecular weight is 310 g/mol. The van der Waals surface area contributed by atoms with E-state index in [2.05, 4.69) is 33.9 Å². The molecule has 0 aliphatic heterocycles. The van der Waals surface area contributed by atoms with E-state index < -0.39 is 14.3 Å². The van der Waals surface area contributed by atoms with Gasteiger partial charge in [-0.25, -0.2) is 4.79 Å². The van der Waals surface area contributed by atoms with Crippen LogP contribution >= 0.6 is 0 Å². The van der Waals surface area contributed by atoms with E-state index in [-0.39, 0.29) is 10.6 Å². The normalized spacial score (nSPS) is 12.1. The van der Waals surface area contributed by atoms with Gasteiger partial charge >= 0.3 is 5.97 Å². The molecule has 0 atom stereocenters. The van der Waals surface area contributed by atoms with Crippen LogP contribution in [-0.2, 0) is 0 Å². The minimum atomic E-state index is -2.05. The molecule has 0 aromatic heterocycles. The van der Waals surface area contributed by atoms with Gasteiger partial charge in [0.2, 0.25) is 0 Å². The van der Waals surface area contributed by atoms with E-state index >= 15 is 0 Å². The van der Waals surface area contributed by atoms with Crippen LogP contribution in [0.25, 0.3) is 0 Å². The Morgan fingerprint density at radius 3 is 2.38 bits per heavy atom. The molecular formula is C16H26O4Si. The molecule has 0 spiro atoms. The Morgan fingerprint density at radius 2 is 1.90 bits per heavy atom. The molecule has 0 amide bonds.